The maximum Gasteiger partial charge on any atom is 0.326 e. The highest BCUT2D eigenvalue weighted by molar-refractivity contribution is 7.09. The first-order chi connectivity index (χ1) is 14.0. The number of aromatic nitrogens is 1. The van der Waals surface area contributed by atoms with Crippen LogP contribution >= 0.6 is 22.9 Å². The van der Waals surface area contributed by atoms with E-state index in [0.717, 1.165) is 29.3 Å². The topological polar surface area (TPSA) is 51.5 Å². The van der Waals surface area contributed by atoms with Gasteiger partial charge in [0, 0.05) is 25.6 Å². The van der Waals surface area contributed by atoms with Gasteiger partial charge < -0.3 is 4.74 Å². The van der Waals surface area contributed by atoms with Gasteiger partial charge in [0.25, 0.3) is 0 Å². The molecule has 7 heteroatoms. The number of ether oxygens (including phenoxy) is 1. The molecule has 2 heterocycles. The number of hydrogen-bond acceptors (Lipinski definition) is 5. The lowest BCUT2D eigenvalue weighted by Gasteiger charge is -2.30. The maximum atomic E-state index is 12.4. The van der Waals surface area contributed by atoms with Crippen molar-refractivity contribution in [2.75, 3.05) is 19.7 Å². The highest BCUT2D eigenvalue weighted by Crippen LogP contribution is 2.53. The van der Waals surface area contributed by atoms with Crippen molar-refractivity contribution in [3.63, 3.8) is 0 Å². The van der Waals surface area contributed by atoms with E-state index in [2.05, 4.69) is 35.2 Å². The Bertz CT molecular complexity index is 918. The summed E-state index contributed by atoms with van der Waals surface area (Å²) in [6.07, 6.45) is 5.11. The highest BCUT2D eigenvalue weighted by Gasteiger charge is 2.48. The molecule has 1 saturated carbocycles. The zero-order chi connectivity index (χ0) is 20.4. The zero-order valence-electron chi connectivity index (χ0n) is 16.7. The predicted molar refractivity (Wildman–Crippen MR) is 116 cm³/mol. The van der Waals surface area contributed by atoms with Crippen LogP contribution in [0.15, 0.2) is 35.1 Å². The van der Waals surface area contributed by atoms with Crippen molar-refractivity contribution in [3.8, 4) is 0 Å². The number of esters is 1. The molecule has 0 unspecified atom stereocenters. The fourth-order valence-electron chi connectivity index (χ4n) is 5.13. The highest BCUT2D eigenvalue weighted by atomic mass is 35.5. The Kier molecular flexibility index (Phi) is 6.13. The first-order valence-corrected chi connectivity index (χ1v) is 11.5. The lowest BCUT2D eigenvalue weighted by Crippen LogP contribution is -2.26. The Labute approximate surface area is 180 Å². The van der Waals surface area contributed by atoms with Gasteiger partial charge in [0.15, 0.2) is 0 Å². The van der Waals surface area contributed by atoms with Gasteiger partial charge >= 0.3 is 10.8 Å². The van der Waals surface area contributed by atoms with E-state index >= 15 is 0 Å². The third-order valence-corrected chi connectivity index (χ3v) is 7.89. The molecule has 1 aliphatic heterocycles. The van der Waals surface area contributed by atoms with E-state index in [9.17, 15) is 9.59 Å². The molecule has 2 fully saturated rings. The molecule has 2 aromatic rings. The molecule has 4 rings (SSSR count). The lowest BCUT2D eigenvalue weighted by molar-refractivity contribution is -0.143. The summed E-state index contributed by atoms with van der Waals surface area (Å²) in [5, 5.41) is 0.372. The molecule has 156 valence electrons. The van der Waals surface area contributed by atoms with Crippen molar-refractivity contribution in [1.82, 2.24) is 9.47 Å². The van der Waals surface area contributed by atoms with Gasteiger partial charge in [-0.2, -0.15) is 0 Å². The number of nitrogens with zero attached hydrogens (tertiary/aromatic N) is 2. The second-order valence-electron chi connectivity index (χ2n) is 8.18. The van der Waals surface area contributed by atoms with Gasteiger partial charge in [0.2, 0.25) is 0 Å². The Hall–Kier alpha value is -1.63. The number of carbonyl (C=O) groups is 1. The summed E-state index contributed by atoms with van der Waals surface area (Å²) in [4.78, 5) is 27.2. The Morgan fingerprint density at radius 3 is 2.69 bits per heavy atom. The van der Waals surface area contributed by atoms with Crippen molar-refractivity contribution in [2.24, 2.45) is 5.41 Å². The molecule has 2 aliphatic rings. The molecule has 1 atom stereocenters. The summed E-state index contributed by atoms with van der Waals surface area (Å²) in [7, 11) is 0. The molecule has 1 aliphatic carbocycles. The summed E-state index contributed by atoms with van der Waals surface area (Å²) in [6.45, 7) is 4.57. The van der Waals surface area contributed by atoms with Crippen LogP contribution in [0.1, 0.15) is 49.0 Å². The van der Waals surface area contributed by atoms with Crippen molar-refractivity contribution >= 4 is 28.9 Å². The smallest absolute Gasteiger partial charge is 0.326 e. The van der Waals surface area contributed by atoms with Crippen LogP contribution in [0.2, 0.25) is 5.15 Å². The quantitative estimate of drug-likeness (QED) is 0.636. The van der Waals surface area contributed by atoms with Gasteiger partial charge in [-0.15, -0.1) is 0 Å². The number of hydrogen-bond donors (Lipinski definition) is 0. The minimum atomic E-state index is -0.434. The minimum Gasteiger partial charge on any atom is -0.465 e. The lowest BCUT2D eigenvalue weighted by atomic mass is 9.73. The summed E-state index contributed by atoms with van der Waals surface area (Å²) >= 11 is 7.64. The third-order valence-electron chi connectivity index (χ3n) is 6.38. The van der Waals surface area contributed by atoms with Crippen LogP contribution < -0.4 is 4.87 Å². The number of carbonyl (C=O) groups excluding carboxylic acids is 1. The van der Waals surface area contributed by atoms with Crippen molar-refractivity contribution in [2.45, 2.75) is 51.6 Å². The number of halogens is 1. The molecule has 5 nitrogen and oxygen atoms in total. The molecule has 0 N–H and O–H groups in total. The molecular weight excluding hydrogens is 408 g/mol. The molecule has 0 radical (unpaired) electrons. The van der Waals surface area contributed by atoms with Crippen molar-refractivity contribution in [3.05, 3.63) is 55.6 Å². The third kappa shape index (κ3) is 4.16. The molecule has 1 aromatic carbocycles. The first-order valence-electron chi connectivity index (χ1n) is 10.3. The largest absolute Gasteiger partial charge is 0.465 e. The number of likely N-dealkylation sites (tertiary alicyclic amines) is 1. The summed E-state index contributed by atoms with van der Waals surface area (Å²) in [6, 6.07) is 10.8. The van der Waals surface area contributed by atoms with Crippen LogP contribution in [-0.2, 0) is 22.6 Å². The van der Waals surface area contributed by atoms with E-state index in [1.807, 2.05) is 0 Å². The fraction of sp³-hybridized carbons (Fsp3) is 0.545. The van der Waals surface area contributed by atoms with Crippen molar-refractivity contribution < 1.29 is 9.53 Å². The zero-order valence-corrected chi connectivity index (χ0v) is 18.3. The molecule has 0 amide bonds. The van der Waals surface area contributed by atoms with Crippen molar-refractivity contribution in [1.29, 1.82) is 0 Å². The number of benzene rings is 1. The van der Waals surface area contributed by atoms with Crippen LogP contribution in [0, 0.1) is 5.41 Å². The van der Waals surface area contributed by atoms with Gasteiger partial charge in [-0.05, 0) is 30.7 Å². The SMILES string of the molecule is CCOC(=O)Cn1c(Cl)c(CN2C[C@@H](c3ccccc3)C3(CCCC3)C2)sc1=O. The van der Waals surface area contributed by atoms with Gasteiger partial charge in [0.1, 0.15) is 11.7 Å². The minimum absolute atomic E-state index is 0.126. The summed E-state index contributed by atoms with van der Waals surface area (Å²) < 4.78 is 6.29. The summed E-state index contributed by atoms with van der Waals surface area (Å²) in [5.41, 5.74) is 1.74. The van der Waals surface area contributed by atoms with E-state index in [0.29, 0.717) is 29.6 Å². The number of thiazole rings is 1. The predicted octanol–water partition coefficient (Wildman–Crippen LogP) is 4.29. The number of rotatable bonds is 6. The second-order valence-corrected chi connectivity index (χ2v) is 9.58. The van der Waals surface area contributed by atoms with Crippen LogP contribution in [0.4, 0.5) is 0 Å². The molecule has 1 saturated heterocycles. The van der Waals surface area contributed by atoms with E-state index in [1.54, 1.807) is 6.92 Å². The monoisotopic (exact) mass is 434 g/mol. The molecule has 0 bridgehead atoms. The fourth-order valence-corrected chi connectivity index (χ4v) is 6.41. The van der Waals surface area contributed by atoms with Gasteiger partial charge in [0.05, 0.1) is 11.5 Å². The Morgan fingerprint density at radius 1 is 1.28 bits per heavy atom. The first kappa shape index (κ1) is 20.6. The second kappa shape index (κ2) is 8.62. The normalized spacial score (nSPS) is 21.1. The average molecular weight is 435 g/mol. The molecular formula is C22H27ClN2O3S. The van der Waals surface area contributed by atoms with Gasteiger partial charge in [-0.3, -0.25) is 19.1 Å². The van der Waals surface area contributed by atoms with E-state index in [1.165, 1.54) is 35.8 Å². The Morgan fingerprint density at radius 2 is 2.00 bits per heavy atom. The molecule has 1 aromatic heterocycles. The Balaban J connectivity index is 1.53. The molecule has 29 heavy (non-hydrogen) atoms. The van der Waals surface area contributed by atoms with Crippen LogP contribution in [0.25, 0.3) is 0 Å². The van der Waals surface area contributed by atoms with E-state index in [4.69, 9.17) is 16.3 Å². The van der Waals surface area contributed by atoms with Crippen LogP contribution in [-0.4, -0.2) is 35.1 Å². The van der Waals surface area contributed by atoms with E-state index in [-0.39, 0.29) is 11.4 Å². The average Bonchev–Trinajstić information content (AvgIpc) is 3.39. The van der Waals surface area contributed by atoms with Crippen LogP contribution in [0.3, 0.4) is 0 Å². The van der Waals surface area contributed by atoms with E-state index < -0.39 is 5.97 Å². The molecule has 1 spiro atoms. The standard InChI is InChI=1S/C22H27ClN2O3S/c1-2-28-19(26)14-25-20(23)18(29-21(25)27)13-24-12-17(16-8-4-3-5-9-16)22(15-24)10-6-7-11-22/h3-5,8-9,17H,2,6-7,10-15H2,1H3/t17-/m0/s1. The summed E-state index contributed by atoms with van der Waals surface area (Å²) in [5.74, 6) is 0.0828. The maximum absolute atomic E-state index is 12.4. The van der Waals surface area contributed by atoms with Gasteiger partial charge in [-0.1, -0.05) is 66.1 Å². The van der Waals surface area contributed by atoms with Crippen LogP contribution in [0.5, 0.6) is 0 Å². The van der Waals surface area contributed by atoms with Gasteiger partial charge in [-0.25, -0.2) is 0 Å².